The number of aromatic nitrogens is 1. The first kappa shape index (κ1) is 25.5. The van der Waals surface area contributed by atoms with Crippen LogP contribution in [0.15, 0.2) is 58.4 Å². The summed E-state index contributed by atoms with van der Waals surface area (Å²) in [6.07, 6.45) is 6.02. The molecular weight excluding hydrogens is 514 g/mol. The van der Waals surface area contributed by atoms with Gasteiger partial charge in [-0.15, -0.1) is 11.3 Å². The molecule has 2 aromatic heterocycles. The van der Waals surface area contributed by atoms with Crippen LogP contribution in [0.1, 0.15) is 40.0 Å². The van der Waals surface area contributed by atoms with Crippen molar-refractivity contribution in [1.82, 2.24) is 13.8 Å². The Bertz CT molecular complexity index is 1410. The van der Waals surface area contributed by atoms with E-state index in [-0.39, 0.29) is 26.8 Å². The quantitative estimate of drug-likeness (QED) is 0.440. The first-order valence-corrected chi connectivity index (χ1v) is 14.4. The lowest BCUT2D eigenvalue weighted by atomic mass is 9.78. The van der Waals surface area contributed by atoms with E-state index in [0.29, 0.717) is 31.7 Å². The zero-order valence-corrected chi connectivity index (χ0v) is 22.4. The zero-order chi connectivity index (χ0) is 26.2. The summed E-state index contributed by atoms with van der Waals surface area (Å²) in [4.78, 5) is 27.3. The number of hydrogen-bond donors (Lipinski definition) is 0. The van der Waals surface area contributed by atoms with Gasteiger partial charge in [-0.3, -0.25) is 4.79 Å². The Morgan fingerprint density at radius 3 is 2.30 bits per heavy atom. The van der Waals surface area contributed by atoms with Crippen molar-refractivity contribution in [2.75, 3.05) is 40.4 Å². The number of hydrogen-bond acceptors (Lipinski definition) is 7. The van der Waals surface area contributed by atoms with E-state index < -0.39 is 16.0 Å². The number of piperidine rings is 1. The Kier molecular flexibility index (Phi) is 6.86. The molecule has 1 spiro atoms. The van der Waals surface area contributed by atoms with E-state index in [1.54, 1.807) is 0 Å². The number of rotatable bonds is 6. The third-order valence-corrected chi connectivity index (χ3v) is 10.7. The highest BCUT2D eigenvalue weighted by Crippen LogP contribution is 2.45. The Labute approximate surface area is 220 Å². The fourth-order valence-electron chi connectivity index (χ4n) is 5.31. The van der Waals surface area contributed by atoms with Gasteiger partial charge < -0.3 is 18.9 Å². The zero-order valence-electron chi connectivity index (χ0n) is 20.8. The average Bonchev–Trinajstić information content (AvgIpc) is 3.69. The number of nitrogens with zero attached hydrogens (tertiary/aromatic N) is 3. The summed E-state index contributed by atoms with van der Waals surface area (Å²) in [5.74, 6) is -0.623. The highest BCUT2D eigenvalue weighted by Gasteiger charge is 2.46. The Morgan fingerprint density at radius 2 is 1.62 bits per heavy atom. The van der Waals surface area contributed by atoms with E-state index in [2.05, 4.69) is 0 Å². The second-order valence-electron chi connectivity index (χ2n) is 9.45. The molecule has 0 atom stereocenters. The van der Waals surface area contributed by atoms with Gasteiger partial charge in [0.1, 0.15) is 5.56 Å². The lowest BCUT2D eigenvalue weighted by molar-refractivity contribution is 0.0589. The largest absolute Gasteiger partial charge is 0.494 e. The minimum atomic E-state index is -3.85. The van der Waals surface area contributed by atoms with Crippen LogP contribution < -0.4 is 4.74 Å². The number of benzene rings is 1. The van der Waals surface area contributed by atoms with Crippen LogP contribution in [0.5, 0.6) is 5.75 Å². The maximum Gasteiger partial charge on any atom is 0.342 e. The van der Waals surface area contributed by atoms with Gasteiger partial charge >= 0.3 is 5.97 Å². The molecule has 0 N–H and O–H groups in total. The van der Waals surface area contributed by atoms with Crippen LogP contribution in [0.2, 0.25) is 0 Å². The minimum absolute atomic E-state index is 0.0136. The van der Waals surface area contributed by atoms with Crippen molar-refractivity contribution in [2.24, 2.45) is 5.41 Å². The topological polar surface area (TPSA) is 98.2 Å². The number of sulfonamides is 1. The number of thiophene rings is 1. The van der Waals surface area contributed by atoms with Crippen LogP contribution in [0.3, 0.4) is 0 Å². The van der Waals surface area contributed by atoms with Crippen molar-refractivity contribution >= 4 is 33.2 Å². The first-order chi connectivity index (χ1) is 17.8. The molecule has 196 valence electrons. The third kappa shape index (κ3) is 4.55. The molecule has 2 aliphatic rings. The monoisotopic (exact) mass is 543 g/mol. The van der Waals surface area contributed by atoms with Crippen molar-refractivity contribution < 1.29 is 27.5 Å². The summed E-state index contributed by atoms with van der Waals surface area (Å²) in [6, 6.07) is 11.4. The lowest BCUT2D eigenvalue weighted by Gasteiger charge is -2.39. The van der Waals surface area contributed by atoms with Crippen molar-refractivity contribution in [1.29, 1.82) is 0 Å². The Balaban J connectivity index is 1.29. The van der Waals surface area contributed by atoms with E-state index in [0.717, 1.165) is 36.3 Å². The normalized spacial score (nSPS) is 17.7. The summed E-state index contributed by atoms with van der Waals surface area (Å²) in [6.45, 7) is 1.91. The van der Waals surface area contributed by atoms with E-state index >= 15 is 0 Å². The van der Waals surface area contributed by atoms with Crippen molar-refractivity contribution in [3.8, 4) is 11.4 Å². The number of para-hydroxylation sites is 1. The van der Waals surface area contributed by atoms with Crippen LogP contribution in [-0.4, -0.2) is 74.5 Å². The summed E-state index contributed by atoms with van der Waals surface area (Å²) in [5, 5.41) is 1.46. The van der Waals surface area contributed by atoms with Gasteiger partial charge in [0, 0.05) is 44.0 Å². The first-order valence-electron chi connectivity index (χ1n) is 12.1. The van der Waals surface area contributed by atoms with Crippen molar-refractivity contribution in [3.05, 3.63) is 65.3 Å². The second kappa shape index (κ2) is 9.96. The van der Waals surface area contributed by atoms with E-state index in [1.165, 1.54) is 23.9 Å². The summed E-state index contributed by atoms with van der Waals surface area (Å²) in [7, 11) is -1.25. The second-order valence-corrected chi connectivity index (χ2v) is 12.5. The SMILES string of the molecule is COC(=O)c1csc(S(=O)(=O)N2CCC3(CCN(C(=O)c4ccccc4-n4cccc4)CC3)C2)c1OC. The fraction of sp³-hybridized carbons (Fsp3) is 0.385. The van der Waals surface area contributed by atoms with Gasteiger partial charge in [0.2, 0.25) is 0 Å². The molecule has 5 rings (SSSR count). The van der Waals surface area contributed by atoms with Crippen molar-refractivity contribution in [3.63, 3.8) is 0 Å². The van der Waals surface area contributed by atoms with Gasteiger partial charge in [-0.25, -0.2) is 13.2 Å². The number of ether oxygens (including phenoxy) is 2. The molecule has 3 aromatic rings. The van der Waals surface area contributed by atoms with E-state index in [1.807, 2.05) is 58.3 Å². The van der Waals surface area contributed by atoms with E-state index in [4.69, 9.17) is 9.47 Å². The average molecular weight is 544 g/mol. The van der Waals surface area contributed by atoms with Crippen LogP contribution >= 0.6 is 11.3 Å². The van der Waals surface area contributed by atoms with Crippen LogP contribution in [0, 0.1) is 5.41 Å². The van der Waals surface area contributed by atoms with Gasteiger partial charge in [-0.1, -0.05) is 12.1 Å². The summed E-state index contributed by atoms with van der Waals surface area (Å²) < 4.78 is 40.5. The summed E-state index contributed by atoms with van der Waals surface area (Å²) >= 11 is 0.965. The standard InChI is InChI=1S/C26H29N3O6S2/c1-34-22-20(24(31)35-2)17-36-25(22)37(32,33)29-16-11-26(18-29)9-14-28(15-10-26)23(30)19-7-3-4-8-21(19)27-12-5-6-13-27/h3-8,12-13,17H,9-11,14-16,18H2,1-2H3. The molecule has 37 heavy (non-hydrogen) atoms. The molecule has 4 heterocycles. The molecule has 2 saturated heterocycles. The van der Waals surface area contributed by atoms with Gasteiger partial charge in [0.05, 0.1) is 25.5 Å². The smallest absolute Gasteiger partial charge is 0.342 e. The van der Waals surface area contributed by atoms with Gasteiger partial charge in [0.25, 0.3) is 15.9 Å². The molecule has 0 aliphatic carbocycles. The Morgan fingerprint density at radius 1 is 0.946 bits per heavy atom. The maximum absolute atomic E-state index is 13.5. The molecule has 2 fully saturated rings. The maximum atomic E-state index is 13.5. The number of amides is 1. The predicted molar refractivity (Wildman–Crippen MR) is 139 cm³/mol. The minimum Gasteiger partial charge on any atom is -0.494 e. The number of esters is 1. The molecule has 11 heteroatoms. The number of likely N-dealkylation sites (tertiary alicyclic amines) is 1. The van der Waals surface area contributed by atoms with Crippen molar-refractivity contribution in [2.45, 2.75) is 23.5 Å². The van der Waals surface area contributed by atoms with Crippen LogP contribution in [0.4, 0.5) is 0 Å². The molecule has 0 radical (unpaired) electrons. The number of carbonyl (C=O) groups is 2. The third-order valence-electron chi connectivity index (χ3n) is 7.43. The van der Waals surface area contributed by atoms with Crippen LogP contribution in [0.25, 0.3) is 5.69 Å². The highest BCUT2D eigenvalue weighted by atomic mass is 32.2. The molecule has 9 nitrogen and oxygen atoms in total. The summed E-state index contributed by atoms with van der Waals surface area (Å²) in [5.41, 5.74) is 1.41. The number of carbonyl (C=O) groups excluding carboxylic acids is 2. The molecular formula is C26H29N3O6S2. The molecule has 1 aromatic carbocycles. The molecule has 1 amide bonds. The molecule has 2 aliphatic heterocycles. The molecule has 0 unspecified atom stereocenters. The lowest BCUT2D eigenvalue weighted by Crippen LogP contribution is -2.44. The fourth-order valence-corrected chi connectivity index (χ4v) is 8.42. The molecule has 0 saturated carbocycles. The Hall–Kier alpha value is -3.15. The molecule has 0 bridgehead atoms. The van der Waals surface area contributed by atoms with Crippen LogP contribution in [-0.2, 0) is 14.8 Å². The van der Waals surface area contributed by atoms with E-state index in [9.17, 15) is 18.0 Å². The highest BCUT2D eigenvalue weighted by molar-refractivity contribution is 7.91. The van der Waals surface area contributed by atoms with Gasteiger partial charge in [-0.05, 0) is 48.9 Å². The van der Waals surface area contributed by atoms with Gasteiger partial charge in [-0.2, -0.15) is 4.31 Å². The van der Waals surface area contributed by atoms with Gasteiger partial charge in [0.15, 0.2) is 9.96 Å². The predicted octanol–water partition coefficient (Wildman–Crippen LogP) is 3.65. The number of methoxy groups -OCH3 is 2.